The van der Waals surface area contributed by atoms with Crippen LogP contribution in [-0.2, 0) is 22.0 Å². The molecular weight excluding hydrogens is 550 g/mol. The van der Waals surface area contributed by atoms with Crippen molar-refractivity contribution < 1.29 is 27.7 Å². The highest BCUT2D eigenvalue weighted by Gasteiger charge is 2.57. The zero-order valence-electron chi connectivity index (χ0n) is 20.3. The topological polar surface area (TPSA) is 118 Å². The molecule has 0 radical (unpaired) electrons. The molecule has 2 heterocycles. The van der Waals surface area contributed by atoms with E-state index in [1.807, 2.05) is 12.1 Å². The van der Waals surface area contributed by atoms with E-state index in [1.165, 1.54) is 19.2 Å². The van der Waals surface area contributed by atoms with E-state index >= 15 is 0 Å². The van der Waals surface area contributed by atoms with Crippen molar-refractivity contribution in [2.75, 3.05) is 20.8 Å². The van der Waals surface area contributed by atoms with Gasteiger partial charge in [-0.2, -0.15) is 0 Å². The molecule has 0 aromatic heterocycles. The smallest absolute Gasteiger partial charge is 0.257 e. The molecule has 0 fully saturated rings. The molecule has 9 nitrogen and oxygen atoms in total. The second-order valence-electron chi connectivity index (χ2n) is 9.50. The van der Waals surface area contributed by atoms with Gasteiger partial charge in [-0.15, -0.1) is 4.83 Å². The maximum Gasteiger partial charge on any atom is 0.257 e. The number of rotatable bonds is 7. The Hall–Kier alpha value is -2.31. The van der Waals surface area contributed by atoms with Crippen molar-refractivity contribution in [1.82, 2.24) is 15.6 Å². The molecule has 5 rings (SSSR count). The molecule has 194 valence electrons. The highest BCUT2D eigenvalue weighted by atomic mass is 79.9. The molecule has 0 amide bonds. The third kappa shape index (κ3) is 4.06. The molecule has 0 unspecified atom stereocenters. The Bertz CT molecular complexity index is 1300. The average Bonchev–Trinajstić information content (AvgIpc) is 3.12. The van der Waals surface area contributed by atoms with Crippen molar-refractivity contribution in [1.29, 1.82) is 0 Å². The Balaban J connectivity index is 1.47. The number of sulfonamides is 1. The molecule has 0 bridgehead atoms. The van der Waals surface area contributed by atoms with Crippen molar-refractivity contribution in [3.8, 4) is 17.2 Å². The summed E-state index contributed by atoms with van der Waals surface area (Å²) in [7, 11) is -0.643. The van der Waals surface area contributed by atoms with E-state index in [-0.39, 0.29) is 35.0 Å². The van der Waals surface area contributed by atoms with E-state index in [1.54, 1.807) is 19.2 Å². The lowest BCUT2D eigenvalue weighted by molar-refractivity contribution is 0.0980. The van der Waals surface area contributed by atoms with Crippen LogP contribution in [0.4, 0.5) is 0 Å². The van der Waals surface area contributed by atoms with Gasteiger partial charge >= 0.3 is 0 Å². The van der Waals surface area contributed by atoms with Crippen molar-refractivity contribution in [2.45, 2.75) is 48.8 Å². The predicted octanol–water partition coefficient (Wildman–Crippen LogP) is 2.73. The number of ether oxygens (including phenoxy) is 3. The summed E-state index contributed by atoms with van der Waals surface area (Å²) in [4.78, 5) is 2.63. The van der Waals surface area contributed by atoms with Crippen LogP contribution in [-0.4, -0.2) is 46.5 Å². The number of nitrogens with one attached hydrogen (secondary N) is 3. The number of aliphatic hydroxyl groups is 1. The summed E-state index contributed by atoms with van der Waals surface area (Å²) in [6.45, 7) is 2.76. The van der Waals surface area contributed by atoms with E-state index in [2.05, 4.69) is 38.4 Å². The predicted molar refractivity (Wildman–Crippen MR) is 137 cm³/mol. The van der Waals surface area contributed by atoms with Gasteiger partial charge in [-0.3, -0.25) is 0 Å². The minimum atomic E-state index is -3.79. The van der Waals surface area contributed by atoms with Gasteiger partial charge in [0.15, 0.2) is 0 Å². The van der Waals surface area contributed by atoms with Crippen LogP contribution in [0.2, 0.25) is 0 Å². The lowest BCUT2D eigenvalue weighted by Crippen LogP contribution is -2.51. The highest BCUT2D eigenvalue weighted by Crippen LogP contribution is 2.59. The molecule has 4 N–H and O–H groups in total. The van der Waals surface area contributed by atoms with Gasteiger partial charge in [0.2, 0.25) is 0 Å². The number of hydrogen-bond donors (Lipinski definition) is 4. The number of halogens is 1. The Labute approximate surface area is 219 Å². The monoisotopic (exact) mass is 579 g/mol. The first-order chi connectivity index (χ1) is 17.2. The molecule has 0 saturated carbocycles. The van der Waals surface area contributed by atoms with E-state index in [4.69, 9.17) is 14.2 Å². The zero-order chi connectivity index (χ0) is 25.7. The minimum absolute atomic E-state index is 0.0132. The van der Waals surface area contributed by atoms with Crippen LogP contribution >= 0.6 is 15.9 Å². The summed E-state index contributed by atoms with van der Waals surface area (Å²) >= 11 is 3.67. The van der Waals surface area contributed by atoms with Gasteiger partial charge < -0.3 is 30.1 Å². The number of allylic oxidation sites excluding steroid dienone is 1. The maximum absolute atomic E-state index is 12.8. The van der Waals surface area contributed by atoms with Crippen LogP contribution in [0.25, 0.3) is 0 Å². The van der Waals surface area contributed by atoms with E-state index < -0.39 is 10.0 Å². The molecular formula is C25H30BrN3O6S. The Morgan fingerprint density at radius 3 is 2.67 bits per heavy atom. The molecule has 36 heavy (non-hydrogen) atoms. The number of hydrogen-bond acceptors (Lipinski definition) is 8. The van der Waals surface area contributed by atoms with Crippen LogP contribution in [0.1, 0.15) is 30.9 Å². The SMILES string of the molecule is COc1ccc(S(=O)(=O)NNC2=C[C@H]3Oc4c(Br)c(OC)cc5c4[C@@]3(C[C@@H](CO)NC5)[C@H](C)C2)cc1. The van der Waals surface area contributed by atoms with Crippen LogP contribution < -0.4 is 29.8 Å². The average molecular weight is 581 g/mol. The summed E-state index contributed by atoms with van der Waals surface area (Å²) in [5, 5.41) is 13.5. The second kappa shape index (κ2) is 9.53. The number of methoxy groups -OCH3 is 2. The Kier molecular flexibility index (Phi) is 6.71. The van der Waals surface area contributed by atoms with Gasteiger partial charge in [-0.25, -0.2) is 8.42 Å². The standard InChI is InChI=1S/C25H30BrN3O6S/c1-14-8-16(28-29-36(31,32)19-6-4-18(33-2)5-7-19)10-21-25(14)11-17(13-30)27-12-15-9-20(34-3)23(26)24(35-21)22(15)25/h4-7,9-10,14,17,21,27-30H,8,11-13H2,1-3H3/t14-,17+,21-,25+/m1/s1. The van der Waals surface area contributed by atoms with E-state index in [9.17, 15) is 13.5 Å². The molecule has 2 aromatic carbocycles. The van der Waals surface area contributed by atoms with Crippen molar-refractivity contribution in [2.24, 2.45) is 5.92 Å². The largest absolute Gasteiger partial charge is 0.497 e. The summed E-state index contributed by atoms with van der Waals surface area (Å²) in [5.41, 5.74) is 5.48. The lowest BCUT2D eigenvalue weighted by atomic mass is 9.61. The summed E-state index contributed by atoms with van der Waals surface area (Å²) in [5.74, 6) is 2.10. The molecule has 1 aliphatic carbocycles. The van der Waals surface area contributed by atoms with Gasteiger partial charge in [0.1, 0.15) is 27.8 Å². The van der Waals surface area contributed by atoms with Gasteiger partial charge in [-0.1, -0.05) is 6.92 Å². The fraction of sp³-hybridized carbons (Fsp3) is 0.440. The number of hydrazine groups is 1. The summed E-state index contributed by atoms with van der Waals surface area (Å²) in [6.07, 6.45) is 2.90. The van der Waals surface area contributed by atoms with Crippen molar-refractivity contribution in [3.63, 3.8) is 0 Å². The molecule has 2 aliphatic heterocycles. The van der Waals surface area contributed by atoms with Gasteiger partial charge in [0, 0.05) is 29.3 Å². The molecule has 3 aliphatic rings. The number of benzene rings is 2. The normalized spacial score (nSPS) is 26.7. The van der Waals surface area contributed by atoms with Crippen LogP contribution in [0.15, 0.2) is 51.5 Å². The summed E-state index contributed by atoms with van der Waals surface area (Å²) < 4.78 is 43.7. The third-order valence-electron chi connectivity index (χ3n) is 7.57. The van der Waals surface area contributed by atoms with Crippen molar-refractivity contribution in [3.05, 3.63) is 57.7 Å². The second-order valence-corrected chi connectivity index (χ2v) is 12.0. The van der Waals surface area contributed by atoms with E-state index in [0.29, 0.717) is 30.9 Å². The lowest BCUT2D eigenvalue weighted by Gasteiger charge is -2.43. The van der Waals surface area contributed by atoms with Crippen molar-refractivity contribution >= 4 is 26.0 Å². The van der Waals surface area contributed by atoms with E-state index in [0.717, 1.165) is 27.0 Å². The molecule has 1 spiro atoms. The minimum Gasteiger partial charge on any atom is -0.497 e. The quantitative estimate of drug-likeness (QED) is 0.370. The molecule has 2 aromatic rings. The highest BCUT2D eigenvalue weighted by molar-refractivity contribution is 9.10. The first-order valence-electron chi connectivity index (χ1n) is 11.8. The van der Waals surface area contributed by atoms with Crippen LogP contribution in [0, 0.1) is 5.92 Å². The third-order valence-corrected chi connectivity index (χ3v) is 9.58. The van der Waals surface area contributed by atoms with Crippen LogP contribution in [0.3, 0.4) is 0 Å². The zero-order valence-corrected chi connectivity index (χ0v) is 22.7. The molecule has 4 atom stereocenters. The van der Waals surface area contributed by atoms with Gasteiger partial charge in [-0.05, 0) is 76.7 Å². The molecule has 11 heteroatoms. The van der Waals surface area contributed by atoms with Gasteiger partial charge in [0.05, 0.1) is 25.7 Å². The fourth-order valence-corrected chi connectivity index (χ4v) is 7.18. The first kappa shape index (κ1) is 25.3. The molecule has 0 saturated heterocycles. The number of aliphatic hydroxyl groups excluding tert-OH is 1. The first-order valence-corrected chi connectivity index (χ1v) is 14.0. The maximum atomic E-state index is 12.8. The fourth-order valence-electron chi connectivity index (χ4n) is 5.74. The van der Waals surface area contributed by atoms with Gasteiger partial charge in [0.25, 0.3) is 10.0 Å². The van der Waals surface area contributed by atoms with Crippen LogP contribution in [0.5, 0.6) is 17.2 Å². The summed E-state index contributed by atoms with van der Waals surface area (Å²) in [6, 6.07) is 8.12. The Morgan fingerprint density at radius 1 is 1.25 bits per heavy atom. The Morgan fingerprint density at radius 2 is 2.00 bits per heavy atom.